The minimum atomic E-state index is 0.137. The first kappa shape index (κ1) is 10.2. The fourth-order valence-electron chi connectivity index (χ4n) is 0.998. The Kier molecular flexibility index (Phi) is 3.95. The SMILES string of the molecule is CN(Cc1cn[nH]c1)C(=O)CCBr. The molecule has 1 aromatic heterocycles. The Morgan fingerprint density at radius 2 is 2.54 bits per heavy atom. The van der Waals surface area contributed by atoms with Crippen LogP contribution in [-0.2, 0) is 11.3 Å². The number of H-pyrrole nitrogens is 1. The number of carbonyl (C=O) groups excluding carboxylic acids is 1. The summed E-state index contributed by atoms with van der Waals surface area (Å²) in [6.07, 6.45) is 4.05. The van der Waals surface area contributed by atoms with Gasteiger partial charge in [0, 0.05) is 37.1 Å². The van der Waals surface area contributed by atoms with Crippen molar-refractivity contribution in [3.05, 3.63) is 18.0 Å². The van der Waals surface area contributed by atoms with Gasteiger partial charge in [-0.2, -0.15) is 5.10 Å². The van der Waals surface area contributed by atoms with Gasteiger partial charge in [0.15, 0.2) is 0 Å². The molecule has 0 aliphatic heterocycles. The van der Waals surface area contributed by atoms with Gasteiger partial charge in [-0.05, 0) is 0 Å². The molecule has 1 N–H and O–H groups in total. The van der Waals surface area contributed by atoms with Crippen molar-refractivity contribution in [2.75, 3.05) is 12.4 Å². The molecular weight excluding hydrogens is 234 g/mol. The number of carbonyl (C=O) groups is 1. The third-order valence-electron chi connectivity index (χ3n) is 1.71. The van der Waals surface area contributed by atoms with E-state index < -0.39 is 0 Å². The fourth-order valence-corrected chi connectivity index (χ4v) is 1.34. The summed E-state index contributed by atoms with van der Waals surface area (Å²) in [6, 6.07) is 0. The molecule has 0 aliphatic rings. The van der Waals surface area contributed by atoms with Crippen molar-refractivity contribution >= 4 is 21.8 Å². The highest BCUT2D eigenvalue weighted by Crippen LogP contribution is 2.02. The summed E-state index contributed by atoms with van der Waals surface area (Å²) in [6.45, 7) is 0.613. The molecule has 1 amide bonds. The lowest BCUT2D eigenvalue weighted by molar-refractivity contribution is -0.129. The molecule has 0 fully saturated rings. The Labute approximate surface area is 85.4 Å². The number of hydrogen-bond donors (Lipinski definition) is 1. The average Bonchev–Trinajstić information content (AvgIpc) is 2.57. The van der Waals surface area contributed by atoms with Gasteiger partial charge in [0.1, 0.15) is 0 Å². The molecule has 0 spiro atoms. The third kappa shape index (κ3) is 3.18. The lowest BCUT2D eigenvalue weighted by Gasteiger charge is -2.14. The molecule has 13 heavy (non-hydrogen) atoms. The fraction of sp³-hybridized carbons (Fsp3) is 0.500. The molecule has 1 aromatic rings. The van der Waals surface area contributed by atoms with Gasteiger partial charge in [-0.15, -0.1) is 0 Å². The van der Waals surface area contributed by atoms with Crippen LogP contribution in [0.3, 0.4) is 0 Å². The Morgan fingerprint density at radius 3 is 3.08 bits per heavy atom. The van der Waals surface area contributed by atoms with E-state index in [1.54, 1.807) is 24.3 Å². The maximum atomic E-state index is 11.3. The topological polar surface area (TPSA) is 49.0 Å². The van der Waals surface area contributed by atoms with Crippen LogP contribution in [0.25, 0.3) is 0 Å². The first-order valence-electron chi connectivity index (χ1n) is 4.01. The largest absolute Gasteiger partial charge is 0.341 e. The molecule has 5 heteroatoms. The van der Waals surface area contributed by atoms with E-state index in [2.05, 4.69) is 26.1 Å². The van der Waals surface area contributed by atoms with Crippen LogP contribution in [0.4, 0.5) is 0 Å². The zero-order chi connectivity index (χ0) is 9.68. The van der Waals surface area contributed by atoms with Gasteiger partial charge in [-0.3, -0.25) is 9.89 Å². The van der Waals surface area contributed by atoms with Crippen molar-refractivity contribution in [1.82, 2.24) is 15.1 Å². The van der Waals surface area contributed by atoms with Crippen LogP contribution >= 0.6 is 15.9 Å². The quantitative estimate of drug-likeness (QED) is 0.810. The highest BCUT2D eigenvalue weighted by molar-refractivity contribution is 9.09. The lowest BCUT2D eigenvalue weighted by Crippen LogP contribution is -2.25. The lowest BCUT2D eigenvalue weighted by atomic mass is 10.3. The molecule has 0 bridgehead atoms. The van der Waals surface area contributed by atoms with E-state index in [-0.39, 0.29) is 5.91 Å². The van der Waals surface area contributed by atoms with E-state index in [9.17, 15) is 4.79 Å². The number of aromatic nitrogens is 2. The van der Waals surface area contributed by atoms with Crippen LogP contribution in [0, 0.1) is 0 Å². The Balaban J connectivity index is 2.41. The zero-order valence-corrected chi connectivity index (χ0v) is 9.04. The molecule has 0 saturated carbocycles. The summed E-state index contributed by atoms with van der Waals surface area (Å²) in [7, 11) is 1.79. The Hall–Kier alpha value is -0.840. The van der Waals surface area contributed by atoms with E-state index in [1.807, 2.05) is 0 Å². The van der Waals surface area contributed by atoms with Crippen molar-refractivity contribution in [2.45, 2.75) is 13.0 Å². The molecule has 1 heterocycles. The highest BCUT2D eigenvalue weighted by atomic mass is 79.9. The van der Waals surface area contributed by atoms with E-state index in [0.29, 0.717) is 18.3 Å². The number of alkyl halides is 1. The van der Waals surface area contributed by atoms with E-state index in [4.69, 9.17) is 0 Å². The second kappa shape index (κ2) is 5.01. The van der Waals surface area contributed by atoms with Crippen LogP contribution in [0.5, 0.6) is 0 Å². The normalized spacial score (nSPS) is 10.0. The van der Waals surface area contributed by atoms with Gasteiger partial charge in [0.25, 0.3) is 0 Å². The summed E-state index contributed by atoms with van der Waals surface area (Å²) in [5.74, 6) is 0.137. The number of amides is 1. The van der Waals surface area contributed by atoms with Gasteiger partial charge in [-0.1, -0.05) is 15.9 Å². The van der Waals surface area contributed by atoms with Crippen LogP contribution in [0.1, 0.15) is 12.0 Å². The number of halogens is 1. The zero-order valence-electron chi connectivity index (χ0n) is 7.46. The number of aromatic amines is 1. The highest BCUT2D eigenvalue weighted by Gasteiger charge is 2.07. The molecule has 0 unspecified atom stereocenters. The maximum Gasteiger partial charge on any atom is 0.223 e. The standard InChI is InChI=1S/C8H12BrN3O/c1-12(8(13)2-3-9)6-7-4-10-11-5-7/h4-5H,2-3,6H2,1H3,(H,10,11). The van der Waals surface area contributed by atoms with Gasteiger partial charge < -0.3 is 4.90 Å². The van der Waals surface area contributed by atoms with E-state index in [0.717, 1.165) is 5.56 Å². The van der Waals surface area contributed by atoms with Crippen LogP contribution < -0.4 is 0 Å². The number of nitrogens with zero attached hydrogens (tertiary/aromatic N) is 2. The molecule has 1 rings (SSSR count). The smallest absolute Gasteiger partial charge is 0.223 e. The van der Waals surface area contributed by atoms with Crippen LogP contribution in [0.15, 0.2) is 12.4 Å². The molecule has 0 saturated heterocycles. The third-order valence-corrected chi connectivity index (χ3v) is 2.11. The monoisotopic (exact) mass is 245 g/mol. The first-order chi connectivity index (χ1) is 6.24. The molecule has 0 atom stereocenters. The summed E-state index contributed by atoms with van der Waals surface area (Å²) >= 11 is 3.23. The summed E-state index contributed by atoms with van der Waals surface area (Å²) in [4.78, 5) is 13.0. The van der Waals surface area contributed by atoms with Crippen molar-refractivity contribution in [1.29, 1.82) is 0 Å². The van der Waals surface area contributed by atoms with Crippen molar-refractivity contribution in [3.8, 4) is 0 Å². The van der Waals surface area contributed by atoms with Gasteiger partial charge >= 0.3 is 0 Å². The number of hydrogen-bond acceptors (Lipinski definition) is 2. The van der Waals surface area contributed by atoms with Crippen molar-refractivity contribution in [2.24, 2.45) is 0 Å². The molecule has 0 aromatic carbocycles. The van der Waals surface area contributed by atoms with Crippen molar-refractivity contribution < 1.29 is 4.79 Å². The van der Waals surface area contributed by atoms with Gasteiger partial charge in [-0.25, -0.2) is 0 Å². The predicted octanol–water partition coefficient (Wildman–Crippen LogP) is 1.15. The van der Waals surface area contributed by atoms with Crippen LogP contribution in [-0.4, -0.2) is 33.4 Å². The minimum Gasteiger partial charge on any atom is -0.341 e. The second-order valence-electron chi connectivity index (χ2n) is 2.80. The summed E-state index contributed by atoms with van der Waals surface area (Å²) in [5.41, 5.74) is 1.02. The second-order valence-corrected chi connectivity index (χ2v) is 3.59. The van der Waals surface area contributed by atoms with Gasteiger partial charge in [0.05, 0.1) is 6.20 Å². The summed E-state index contributed by atoms with van der Waals surface area (Å²) in [5, 5.41) is 7.23. The number of rotatable bonds is 4. The Bertz CT molecular complexity index is 260. The molecule has 4 nitrogen and oxygen atoms in total. The maximum absolute atomic E-state index is 11.3. The number of nitrogens with one attached hydrogen (secondary N) is 1. The first-order valence-corrected chi connectivity index (χ1v) is 5.13. The van der Waals surface area contributed by atoms with Crippen LogP contribution in [0.2, 0.25) is 0 Å². The van der Waals surface area contributed by atoms with E-state index in [1.165, 1.54) is 0 Å². The minimum absolute atomic E-state index is 0.137. The molecule has 72 valence electrons. The Morgan fingerprint density at radius 1 is 1.77 bits per heavy atom. The van der Waals surface area contributed by atoms with E-state index >= 15 is 0 Å². The molecule has 0 aliphatic carbocycles. The predicted molar refractivity (Wildman–Crippen MR) is 53.5 cm³/mol. The van der Waals surface area contributed by atoms with Gasteiger partial charge in [0.2, 0.25) is 5.91 Å². The summed E-state index contributed by atoms with van der Waals surface area (Å²) < 4.78 is 0. The average molecular weight is 246 g/mol. The molecule has 0 radical (unpaired) electrons. The molecular formula is C8H12BrN3O. The van der Waals surface area contributed by atoms with Crippen molar-refractivity contribution in [3.63, 3.8) is 0 Å².